The molecule has 0 spiro atoms. The van der Waals surface area contributed by atoms with Crippen LogP contribution in [-0.2, 0) is 4.79 Å². The van der Waals surface area contributed by atoms with E-state index < -0.39 is 5.54 Å². The highest BCUT2D eigenvalue weighted by Gasteiger charge is 2.37. The number of hydrogen-bond donors (Lipinski definition) is 2. The monoisotopic (exact) mass is 267 g/mol. The van der Waals surface area contributed by atoms with Gasteiger partial charge in [-0.2, -0.15) is 0 Å². The summed E-state index contributed by atoms with van der Waals surface area (Å²) in [6, 6.07) is 0. The first-order chi connectivity index (χ1) is 8.99. The van der Waals surface area contributed by atoms with Gasteiger partial charge >= 0.3 is 0 Å². The molecule has 1 amide bonds. The fourth-order valence-electron chi connectivity index (χ4n) is 3.48. The summed E-state index contributed by atoms with van der Waals surface area (Å²) in [5, 5.41) is 3.12. The normalized spacial score (nSPS) is 34.2. The summed E-state index contributed by atoms with van der Waals surface area (Å²) in [7, 11) is 2.16. The highest BCUT2D eigenvalue weighted by atomic mass is 16.2. The molecule has 0 radical (unpaired) electrons. The summed E-state index contributed by atoms with van der Waals surface area (Å²) < 4.78 is 0. The van der Waals surface area contributed by atoms with Crippen LogP contribution in [0.4, 0.5) is 0 Å². The summed E-state index contributed by atoms with van der Waals surface area (Å²) in [5.41, 5.74) is 5.70. The van der Waals surface area contributed by atoms with Crippen LogP contribution >= 0.6 is 0 Å². The van der Waals surface area contributed by atoms with Gasteiger partial charge in [-0.1, -0.05) is 19.8 Å². The van der Waals surface area contributed by atoms with E-state index in [4.69, 9.17) is 5.73 Å². The van der Waals surface area contributed by atoms with E-state index in [-0.39, 0.29) is 5.91 Å². The van der Waals surface area contributed by atoms with E-state index in [9.17, 15) is 4.79 Å². The van der Waals surface area contributed by atoms with Crippen molar-refractivity contribution in [2.45, 2.75) is 51.0 Å². The minimum Gasteiger partial charge on any atom is -0.354 e. The molecule has 4 heteroatoms. The van der Waals surface area contributed by atoms with Gasteiger partial charge in [0.15, 0.2) is 0 Å². The number of amides is 1. The average molecular weight is 267 g/mol. The van der Waals surface area contributed by atoms with Crippen molar-refractivity contribution < 1.29 is 4.79 Å². The molecule has 1 aliphatic carbocycles. The molecule has 0 aromatic rings. The van der Waals surface area contributed by atoms with Gasteiger partial charge in [0.05, 0.1) is 5.54 Å². The van der Waals surface area contributed by atoms with Crippen molar-refractivity contribution in [3.8, 4) is 0 Å². The number of nitrogens with one attached hydrogen (secondary N) is 1. The molecule has 3 N–H and O–H groups in total. The zero-order valence-electron chi connectivity index (χ0n) is 12.5. The lowest BCUT2D eigenvalue weighted by Gasteiger charge is -2.36. The largest absolute Gasteiger partial charge is 0.354 e. The van der Waals surface area contributed by atoms with Crippen molar-refractivity contribution >= 4 is 5.91 Å². The van der Waals surface area contributed by atoms with Crippen molar-refractivity contribution in [3.63, 3.8) is 0 Å². The molecule has 110 valence electrons. The number of nitrogens with zero attached hydrogens (tertiary/aromatic N) is 1. The van der Waals surface area contributed by atoms with Crippen molar-refractivity contribution in [2.75, 3.05) is 26.7 Å². The number of piperidine rings is 1. The quantitative estimate of drug-likeness (QED) is 0.811. The van der Waals surface area contributed by atoms with E-state index in [1.54, 1.807) is 0 Å². The van der Waals surface area contributed by atoms with Gasteiger partial charge < -0.3 is 16.0 Å². The Kier molecular flexibility index (Phi) is 4.85. The van der Waals surface area contributed by atoms with E-state index in [0.717, 1.165) is 38.9 Å². The Bertz CT molecular complexity index is 313. The standard InChI is InChI=1S/C15H29N3O/c1-12-4-3-7-15(16,10-12)14(19)17-11-13-5-8-18(2)9-6-13/h12-13H,3-11,16H2,1-2H3,(H,17,19). The Morgan fingerprint density at radius 1 is 1.37 bits per heavy atom. The maximum absolute atomic E-state index is 12.3. The zero-order chi connectivity index (χ0) is 13.9. The predicted octanol–water partition coefficient (Wildman–Crippen LogP) is 1.35. The fourth-order valence-corrected chi connectivity index (χ4v) is 3.48. The molecule has 2 unspecified atom stereocenters. The van der Waals surface area contributed by atoms with Crippen LogP contribution in [-0.4, -0.2) is 43.0 Å². The summed E-state index contributed by atoms with van der Waals surface area (Å²) in [6.07, 6.45) is 6.35. The van der Waals surface area contributed by atoms with Crippen molar-refractivity contribution in [3.05, 3.63) is 0 Å². The number of likely N-dealkylation sites (tertiary alicyclic amines) is 1. The minimum atomic E-state index is -0.608. The predicted molar refractivity (Wildman–Crippen MR) is 77.8 cm³/mol. The number of nitrogens with two attached hydrogens (primary N) is 1. The maximum Gasteiger partial charge on any atom is 0.240 e. The third-order valence-corrected chi connectivity index (χ3v) is 4.87. The second-order valence-electron chi connectivity index (χ2n) is 6.81. The Hall–Kier alpha value is -0.610. The second-order valence-corrected chi connectivity index (χ2v) is 6.81. The first kappa shape index (κ1) is 14.8. The number of hydrogen-bond acceptors (Lipinski definition) is 3. The third kappa shape index (κ3) is 3.93. The van der Waals surface area contributed by atoms with Gasteiger partial charge in [0.2, 0.25) is 5.91 Å². The first-order valence-corrected chi connectivity index (χ1v) is 7.75. The van der Waals surface area contributed by atoms with Gasteiger partial charge in [-0.05, 0) is 57.7 Å². The van der Waals surface area contributed by atoms with Crippen LogP contribution in [0.15, 0.2) is 0 Å². The van der Waals surface area contributed by atoms with Crippen LogP contribution in [0.1, 0.15) is 45.4 Å². The topological polar surface area (TPSA) is 58.4 Å². The smallest absolute Gasteiger partial charge is 0.240 e. The van der Waals surface area contributed by atoms with Crippen molar-refractivity contribution in [1.29, 1.82) is 0 Å². The number of carbonyl (C=O) groups excluding carboxylic acids is 1. The Morgan fingerprint density at radius 2 is 2.05 bits per heavy atom. The second kappa shape index (κ2) is 6.23. The van der Waals surface area contributed by atoms with Gasteiger partial charge in [-0.25, -0.2) is 0 Å². The van der Waals surface area contributed by atoms with Crippen molar-refractivity contribution in [1.82, 2.24) is 10.2 Å². The molecule has 1 saturated heterocycles. The molecule has 19 heavy (non-hydrogen) atoms. The summed E-state index contributed by atoms with van der Waals surface area (Å²) >= 11 is 0. The zero-order valence-corrected chi connectivity index (χ0v) is 12.5. The number of carbonyl (C=O) groups is 1. The molecule has 2 atom stereocenters. The van der Waals surface area contributed by atoms with Crippen LogP contribution in [0.5, 0.6) is 0 Å². The van der Waals surface area contributed by atoms with Crippen LogP contribution in [0.25, 0.3) is 0 Å². The molecule has 2 fully saturated rings. The van der Waals surface area contributed by atoms with Crippen molar-refractivity contribution in [2.24, 2.45) is 17.6 Å². The third-order valence-electron chi connectivity index (χ3n) is 4.87. The molecule has 1 heterocycles. The van der Waals surface area contributed by atoms with E-state index >= 15 is 0 Å². The molecule has 0 aromatic heterocycles. The minimum absolute atomic E-state index is 0.0815. The summed E-state index contributed by atoms with van der Waals surface area (Å²) in [4.78, 5) is 14.7. The lowest BCUT2D eigenvalue weighted by molar-refractivity contribution is -0.128. The summed E-state index contributed by atoms with van der Waals surface area (Å²) in [6.45, 7) is 5.29. The Labute approximate surface area is 117 Å². The van der Waals surface area contributed by atoms with E-state index in [1.165, 1.54) is 19.3 Å². The van der Waals surface area contributed by atoms with E-state index in [0.29, 0.717) is 11.8 Å². The van der Waals surface area contributed by atoms with Crippen LogP contribution < -0.4 is 11.1 Å². The Morgan fingerprint density at radius 3 is 2.68 bits per heavy atom. The van der Waals surface area contributed by atoms with Crippen LogP contribution in [0, 0.1) is 11.8 Å². The lowest BCUT2D eigenvalue weighted by atomic mass is 9.76. The van der Waals surface area contributed by atoms with Gasteiger partial charge in [-0.3, -0.25) is 4.79 Å². The average Bonchev–Trinajstić information content (AvgIpc) is 2.37. The fraction of sp³-hybridized carbons (Fsp3) is 0.933. The molecular weight excluding hydrogens is 238 g/mol. The Balaban J connectivity index is 1.77. The maximum atomic E-state index is 12.3. The van der Waals surface area contributed by atoms with Crippen LogP contribution in [0.3, 0.4) is 0 Å². The van der Waals surface area contributed by atoms with E-state index in [2.05, 4.69) is 24.2 Å². The SMILES string of the molecule is CC1CCCC(N)(C(=O)NCC2CCN(C)CC2)C1. The highest BCUT2D eigenvalue weighted by molar-refractivity contribution is 5.86. The molecule has 1 aliphatic heterocycles. The molecule has 1 saturated carbocycles. The molecule has 2 rings (SSSR count). The first-order valence-electron chi connectivity index (χ1n) is 7.75. The molecule has 4 nitrogen and oxygen atoms in total. The molecular formula is C15H29N3O. The lowest BCUT2D eigenvalue weighted by Crippen LogP contribution is -2.57. The van der Waals surface area contributed by atoms with E-state index in [1.807, 2.05) is 0 Å². The van der Waals surface area contributed by atoms with Gasteiger partial charge in [0.1, 0.15) is 0 Å². The van der Waals surface area contributed by atoms with Gasteiger partial charge in [0.25, 0.3) is 0 Å². The number of rotatable bonds is 3. The molecule has 0 bridgehead atoms. The molecule has 0 aromatic carbocycles. The highest BCUT2D eigenvalue weighted by Crippen LogP contribution is 2.30. The molecule has 2 aliphatic rings. The van der Waals surface area contributed by atoms with Crippen LogP contribution in [0.2, 0.25) is 0 Å². The van der Waals surface area contributed by atoms with Gasteiger partial charge in [0, 0.05) is 6.54 Å². The summed E-state index contributed by atoms with van der Waals surface area (Å²) in [5.74, 6) is 1.29. The van der Waals surface area contributed by atoms with Gasteiger partial charge in [-0.15, -0.1) is 0 Å².